The molecule has 0 aliphatic heterocycles. The minimum absolute atomic E-state index is 0.0431. The molecule has 1 amide bonds. The zero-order valence-electron chi connectivity index (χ0n) is 16.0. The van der Waals surface area contributed by atoms with Gasteiger partial charge in [0, 0.05) is 28.3 Å². The maximum atomic E-state index is 13.8. The summed E-state index contributed by atoms with van der Waals surface area (Å²) < 4.78 is 19.6. The predicted octanol–water partition coefficient (Wildman–Crippen LogP) is 5.67. The number of fused-ring (bicyclic) bond motifs is 1. The second-order valence-electron chi connectivity index (χ2n) is 6.90. The number of hydrogen-bond acceptors (Lipinski definition) is 3. The number of amides is 1. The Bertz CT molecular complexity index is 1240. The van der Waals surface area contributed by atoms with Gasteiger partial charge < -0.3 is 9.73 Å². The van der Waals surface area contributed by atoms with Crippen LogP contribution in [-0.4, -0.2) is 11.7 Å². The zero-order chi connectivity index (χ0) is 20.5. The Balaban J connectivity index is 1.65. The summed E-state index contributed by atoms with van der Waals surface area (Å²) in [6.45, 7) is 3.78. The fourth-order valence-corrected chi connectivity index (χ4v) is 3.20. The second-order valence-corrected chi connectivity index (χ2v) is 6.90. The fourth-order valence-electron chi connectivity index (χ4n) is 3.20. The van der Waals surface area contributed by atoms with E-state index < -0.39 is 11.7 Å². The molecular weight excluding hydrogens is 369 g/mol. The minimum Gasteiger partial charge on any atom is -0.452 e. The molecule has 3 aromatic carbocycles. The van der Waals surface area contributed by atoms with Crippen LogP contribution in [-0.2, 0) is 0 Å². The Morgan fingerprint density at radius 1 is 0.931 bits per heavy atom. The molecule has 0 spiro atoms. The monoisotopic (exact) mass is 387 g/mol. The standard InChI is InChI=1S/C24H18FNO3/c1-14-7-9-16(10-8-14)22(27)23-15(2)18-12-11-17(13-21(18)29-23)26-24(28)19-5-3-4-6-20(19)25/h3-13H,1-2H3,(H,26,28). The molecule has 0 saturated heterocycles. The number of ketones is 1. The molecule has 0 radical (unpaired) electrons. The van der Waals surface area contributed by atoms with Gasteiger partial charge in [0.1, 0.15) is 11.4 Å². The average Bonchev–Trinajstić information content (AvgIpc) is 3.04. The van der Waals surface area contributed by atoms with E-state index in [1.54, 1.807) is 36.4 Å². The van der Waals surface area contributed by atoms with Crippen molar-refractivity contribution in [2.45, 2.75) is 13.8 Å². The zero-order valence-corrected chi connectivity index (χ0v) is 16.0. The van der Waals surface area contributed by atoms with Crippen LogP contribution in [0.3, 0.4) is 0 Å². The van der Waals surface area contributed by atoms with Crippen LogP contribution in [0.1, 0.15) is 37.6 Å². The summed E-state index contributed by atoms with van der Waals surface area (Å²) in [6, 6.07) is 18.2. The van der Waals surface area contributed by atoms with E-state index in [2.05, 4.69) is 5.32 Å². The van der Waals surface area contributed by atoms with Crippen LogP contribution in [0.2, 0.25) is 0 Å². The molecule has 0 bridgehead atoms. The smallest absolute Gasteiger partial charge is 0.258 e. The van der Waals surface area contributed by atoms with Crippen LogP contribution in [0.4, 0.5) is 10.1 Å². The van der Waals surface area contributed by atoms with E-state index in [4.69, 9.17) is 4.42 Å². The molecule has 1 aromatic heterocycles. The molecule has 4 aromatic rings. The summed E-state index contributed by atoms with van der Waals surface area (Å²) in [5.41, 5.74) is 3.23. The molecule has 1 N–H and O–H groups in total. The van der Waals surface area contributed by atoms with Gasteiger partial charge in [-0.1, -0.05) is 42.0 Å². The van der Waals surface area contributed by atoms with Crippen molar-refractivity contribution >= 4 is 28.3 Å². The van der Waals surface area contributed by atoms with Gasteiger partial charge in [-0.3, -0.25) is 9.59 Å². The van der Waals surface area contributed by atoms with Crippen molar-refractivity contribution in [2.75, 3.05) is 5.32 Å². The summed E-state index contributed by atoms with van der Waals surface area (Å²) in [5.74, 6) is -1.08. The van der Waals surface area contributed by atoms with Crippen molar-refractivity contribution in [3.63, 3.8) is 0 Å². The molecule has 5 heteroatoms. The highest BCUT2D eigenvalue weighted by Gasteiger charge is 2.20. The van der Waals surface area contributed by atoms with Gasteiger partial charge in [-0.25, -0.2) is 4.39 Å². The van der Waals surface area contributed by atoms with Gasteiger partial charge in [0.25, 0.3) is 5.91 Å². The summed E-state index contributed by atoms with van der Waals surface area (Å²) in [5, 5.41) is 3.44. The van der Waals surface area contributed by atoms with Gasteiger partial charge in [0.15, 0.2) is 5.76 Å². The molecule has 0 fully saturated rings. The van der Waals surface area contributed by atoms with Crippen molar-refractivity contribution in [3.05, 3.63) is 101 Å². The Labute approximate surface area is 167 Å². The normalized spacial score (nSPS) is 10.9. The highest BCUT2D eigenvalue weighted by Crippen LogP contribution is 2.29. The second kappa shape index (κ2) is 7.36. The highest BCUT2D eigenvalue weighted by atomic mass is 19.1. The first-order valence-electron chi connectivity index (χ1n) is 9.14. The summed E-state index contributed by atoms with van der Waals surface area (Å²) in [6.07, 6.45) is 0. The van der Waals surface area contributed by atoms with Gasteiger partial charge in [0.2, 0.25) is 5.78 Å². The molecule has 0 atom stereocenters. The lowest BCUT2D eigenvalue weighted by Crippen LogP contribution is -2.13. The third kappa shape index (κ3) is 3.55. The molecule has 1 heterocycles. The van der Waals surface area contributed by atoms with Gasteiger partial charge in [-0.05, 0) is 38.1 Å². The quantitative estimate of drug-likeness (QED) is 0.459. The van der Waals surface area contributed by atoms with Gasteiger partial charge in [-0.15, -0.1) is 0 Å². The molecule has 4 rings (SSSR count). The number of furan rings is 1. The lowest BCUT2D eigenvalue weighted by molar-refractivity contribution is 0.100. The molecule has 0 aliphatic rings. The topological polar surface area (TPSA) is 59.3 Å². The van der Waals surface area contributed by atoms with Crippen molar-refractivity contribution in [3.8, 4) is 0 Å². The largest absolute Gasteiger partial charge is 0.452 e. The molecule has 4 nitrogen and oxygen atoms in total. The van der Waals surface area contributed by atoms with E-state index in [0.29, 0.717) is 16.8 Å². The van der Waals surface area contributed by atoms with Crippen LogP contribution in [0.25, 0.3) is 11.0 Å². The summed E-state index contributed by atoms with van der Waals surface area (Å²) in [4.78, 5) is 25.2. The fraction of sp³-hybridized carbons (Fsp3) is 0.0833. The Hall–Kier alpha value is -3.73. The van der Waals surface area contributed by atoms with E-state index >= 15 is 0 Å². The third-order valence-electron chi connectivity index (χ3n) is 4.83. The van der Waals surface area contributed by atoms with Gasteiger partial charge in [-0.2, -0.15) is 0 Å². The van der Waals surface area contributed by atoms with Crippen molar-refractivity contribution in [2.24, 2.45) is 0 Å². The highest BCUT2D eigenvalue weighted by molar-refractivity contribution is 6.11. The van der Waals surface area contributed by atoms with Gasteiger partial charge >= 0.3 is 0 Å². The number of halogens is 1. The van der Waals surface area contributed by atoms with Crippen LogP contribution >= 0.6 is 0 Å². The van der Waals surface area contributed by atoms with E-state index in [1.807, 2.05) is 26.0 Å². The van der Waals surface area contributed by atoms with Crippen molar-refractivity contribution in [1.82, 2.24) is 0 Å². The van der Waals surface area contributed by atoms with Crippen LogP contribution in [0, 0.1) is 19.7 Å². The predicted molar refractivity (Wildman–Crippen MR) is 110 cm³/mol. The van der Waals surface area contributed by atoms with Crippen molar-refractivity contribution in [1.29, 1.82) is 0 Å². The van der Waals surface area contributed by atoms with Crippen LogP contribution in [0.15, 0.2) is 71.1 Å². The third-order valence-corrected chi connectivity index (χ3v) is 4.83. The Morgan fingerprint density at radius 2 is 1.66 bits per heavy atom. The average molecular weight is 387 g/mol. The number of nitrogens with one attached hydrogen (secondary N) is 1. The number of carbonyl (C=O) groups is 2. The number of hydrogen-bond donors (Lipinski definition) is 1. The van der Waals surface area contributed by atoms with E-state index in [9.17, 15) is 14.0 Å². The Morgan fingerprint density at radius 3 is 2.38 bits per heavy atom. The first kappa shape index (κ1) is 18.6. The lowest BCUT2D eigenvalue weighted by Gasteiger charge is -2.06. The first-order chi connectivity index (χ1) is 13.9. The minimum atomic E-state index is -0.592. The maximum Gasteiger partial charge on any atom is 0.258 e. The molecule has 29 heavy (non-hydrogen) atoms. The molecular formula is C24H18FNO3. The molecule has 0 saturated carbocycles. The maximum absolute atomic E-state index is 13.8. The Kier molecular flexibility index (Phi) is 4.72. The SMILES string of the molecule is Cc1ccc(C(=O)c2oc3cc(NC(=O)c4ccccc4F)ccc3c2C)cc1. The molecule has 0 aliphatic carbocycles. The van der Waals surface area contributed by atoms with Crippen LogP contribution < -0.4 is 5.32 Å². The first-order valence-corrected chi connectivity index (χ1v) is 9.14. The number of aryl methyl sites for hydroxylation is 2. The summed E-state index contributed by atoms with van der Waals surface area (Å²) >= 11 is 0. The van der Waals surface area contributed by atoms with E-state index in [1.165, 1.54) is 18.2 Å². The van der Waals surface area contributed by atoms with Crippen molar-refractivity contribution < 1.29 is 18.4 Å². The van der Waals surface area contributed by atoms with Crippen LogP contribution in [0.5, 0.6) is 0 Å². The molecule has 0 unspecified atom stereocenters. The molecule has 144 valence electrons. The lowest BCUT2D eigenvalue weighted by atomic mass is 10.0. The van der Waals surface area contributed by atoms with E-state index in [-0.39, 0.29) is 17.1 Å². The summed E-state index contributed by atoms with van der Waals surface area (Å²) in [7, 11) is 0. The number of benzene rings is 3. The number of anilines is 1. The van der Waals surface area contributed by atoms with E-state index in [0.717, 1.165) is 16.5 Å². The number of rotatable bonds is 4. The number of carbonyl (C=O) groups excluding carboxylic acids is 2. The van der Waals surface area contributed by atoms with Gasteiger partial charge in [0.05, 0.1) is 5.56 Å².